The highest BCUT2D eigenvalue weighted by molar-refractivity contribution is 8.00. The largest absolute Gasteiger partial charge is 0.481 e. The van der Waals surface area contributed by atoms with E-state index in [-0.39, 0.29) is 5.25 Å². The van der Waals surface area contributed by atoms with Gasteiger partial charge >= 0.3 is 0 Å². The predicted molar refractivity (Wildman–Crippen MR) is 81.0 cm³/mol. The number of ether oxygens (including phenoxy) is 2. The van der Waals surface area contributed by atoms with E-state index in [9.17, 15) is 4.79 Å². The maximum absolute atomic E-state index is 11.4. The minimum absolute atomic E-state index is 0.373. The van der Waals surface area contributed by atoms with E-state index in [1.807, 2.05) is 31.2 Å². The molecule has 1 unspecified atom stereocenters. The molecular weight excluding hydrogens is 288 g/mol. The molecule has 1 heterocycles. The Morgan fingerprint density at radius 1 is 1.14 bits per heavy atom. The van der Waals surface area contributed by atoms with Gasteiger partial charge in [-0.25, -0.2) is 0 Å². The van der Waals surface area contributed by atoms with Crippen molar-refractivity contribution in [1.29, 1.82) is 0 Å². The van der Waals surface area contributed by atoms with Gasteiger partial charge in [-0.2, -0.15) is 9.97 Å². The zero-order valence-electron chi connectivity index (χ0n) is 12.1. The first-order valence-electron chi connectivity index (χ1n) is 6.32. The second-order valence-corrected chi connectivity index (χ2v) is 5.43. The summed E-state index contributed by atoms with van der Waals surface area (Å²) in [6, 6.07) is 9.39. The maximum Gasteiger partial charge on any atom is 0.220 e. The van der Waals surface area contributed by atoms with Gasteiger partial charge in [0, 0.05) is 0 Å². The van der Waals surface area contributed by atoms with E-state index in [1.165, 1.54) is 26.0 Å². The van der Waals surface area contributed by atoms with Crippen LogP contribution in [0.4, 0.5) is 0 Å². The fraction of sp³-hybridized carbons (Fsp3) is 0.267. The molecule has 0 saturated heterocycles. The Kier molecular flexibility index (Phi) is 5.16. The van der Waals surface area contributed by atoms with E-state index >= 15 is 0 Å². The zero-order valence-corrected chi connectivity index (χ0v) is 12.9. The van der Waals surface area contributed by atoms with Crippen LogP contribution in [-0.2, 0) is 4.79 Å². The lowest BCUT2D eigenvalue weighted by Gasteiger charge is -2.11. The normalized spacial score (nSPS) is 11.8. The Labute approximate surface area is 127 Å². The average Bonchev–Trinajstić information content (AvgIpc) is 2.52. The molecule has 0 radical (unpaired) electrons. The number of aromatic nitrogens is 2. The van der Waals surface area contributed by atoms with Crippen LogP contribution in [0.5, 0.6) is 11.8 Å². The summed E-state index contributed by atoms with van der Waals surface area (Å²) < 4.78 is 10.2. The molecule has 2 rings (SSSR count). The first-order valence-corrected chi connectivity index (χ1v) is 7.20. The fourth-order valence-corrected chi connectivity index (χ4v) is 2.63. The van der Waals surface area contributed by atoms with E-state index < -0.39 is 0 Å². The highest BCUT2D eigenvalue weighted by atomic mass is 32.2. The first-order chi connectivity index (χ1) is 10.2. The number of hydrogen-bond acceptors (Lipinski definition) is 6. The van der Waals surface area contributed by atoms with Gasteiger partial charge in [0.1, 0.15) is 6.29 Å². The zero-order chi connectivity index (χ0) is 15.2. The molecule has 0 aliphatic rings. The minimum Gasteiger partial charge on any atom is -0.481 e. The van der Waals surface area contributed by atoms with Crippen LogP contribution in [0.2, 0.25) is 0 Å². The van der Waals surface area contributed by atoms with Crippen molar-refractivity contribution >= 4 is 18.0 Å². The highest BCUT2D eigenvalue weighted by Gasteiger charge is 2.16. The van der Waals surface area contributed by atoms with Crippen molar-refractivity contribution < 1.29 is 14.3 Å². The summed E-state index contributed by atoms with van der Waals surface area (Å²) in [5.74, 6) is 0.802. The molecule has 2 aromatic rings. The molecule has 0 aliphatic carbocycles. The second-order valence-electron chi connectivity index (χ2n) is 4.32. The topological polar surface area (TPSA) is 61.3 Å². The van der Waals surface area contributed by atoms with Gasteiger partial charge in [-0.1, -0.05) is 41.6 Å². The van der Waals surface area contributed by atoms with Gasteiger partial charge in [-0.05, 0) is 12.5 Å². The van der Waals surface area contributed by atoms with Gasteiger partial charge in [0.2, 0.25) is 11.8 Å². The Bertz CT molecular complexity index is 612. The molecule has 0 fully saturated rings. The predicted octanol–water partition coefficient (Wildman–Crippen LogP) is 2.83. The van der Waals surface area contributed by atoms with Crippen LogP contribution in [0, 0.1) is 6.92 Å². The van der Waals surface area contributed by atoms with Gasteiger partial charge in [0.25, 0.3) is 0 Å². The molecule has 0 spiro atoms. The van der Waals surface area contributed by atoms with Gasteiger partial charge in [-0.15, -0.1) is 0 Å². The summed E-state index contributed by atoms with van der Waals surface area (Å²) >= 11 is 1.26. The molecule has 21 heavy (non-hydrogen) atoms. The van der Waals surface area contributed by atoms with Crippen LogP contribution < -0.4 is 9.47 Å². The number of carbonyl (C=O) groups is 1. The third-order valence-corrected chi connectivity index (χ3v) is 3.83. The molecule has 1 aromatic carbocycles. The number of hydrogen-bond donors (Lipinski definition) is 0. The van der Waals surface area contributed by atoms with Crippen molar-refractivity contribution in [2.24, 2.45) is 0 Å². The first kappa shape index (κ1) is 15.3. The second kappa shape index (κ2) is 7.08. The lowest BCUT2D eigenvalue weighted by Crippen LogP contribution is -2.00. The maximum atomic E-state index is 11.4. The van der Waals surface area contributed by atoms with E-state index in [0.29, 0.717) is 16.9 Å². The van der Waals surface area contributed by atoms with Crippen LogP contribution in [-0.4, -0.2) is 30.5 Å². The van der Waals surface area contributed by atoms with Crippen molar-refractivity contribution in [3.05, 3.63) is 41.5 Å². The molecule has 6 heteroatoms. The van der Waals surface area contributed by atoms with Crippen molar-refractivity contribution in [1.82, 2.24) is 9.97 Å². The molecule has 0 bridgehead atoms. The van der Waals surface area contributed by atoms with Crippen LogP contribution >= 0.6 is 11.8 Å². The van der Waals surface area contributed by atoms with Gasteiger partial charge in [0.05, 0.1) is 25.5 Å². The highest BCUT2D eigenvalue weighted by Crippen LogP contribution is 2.33. The van der Waals surface area contributed by atoms with Crippen molar-refractivity contribution in [2.45, 2.75) is 17.3 Å². The van der Waals surface area contributed by atoms with Crippen LogP contribution in [0.3, 0.4) is 0 Å². The van der Waals surface area contributed by atoms with E-state index in [1.54, 1.807) is 6.07 Å². The van der Waals surface area contributed by atoms with Gasteiger partial charge < -0.3 is 14.3 Å². The molecule has 110 valence electrons. The molecule has 1 atom stereocenters. The van der Waals surface area contributed by atoms with E-state index in [2.05, 4.69) is 9.97 Å². The van der Waals surface area contributed by atoms with E-state index in [4.69, 9.17) is 9.47 Å². The van der Waals surface area contributed by atoms with Crippen molar-refractivity contribution in [2.75, 3.05) is 14.2 Å². The van der Waals surface area contributed by atoms with Crippen molar-refractivity contribution in [3.63, 3.8) is 0 Å². The van der Waals surface area contributed by atoms with E-state index in [0.717, 1.165) is 17.4 Å². The standard InChI is InChI=1S/C15H16N2O3S/c1-10-5-4-6-11(7-10)12(9-18)21-15-16-13(19-2)8-14(17-15)20-3/h4-9,12H,1-3H3. The molecule has 0 amide bonds. The van der Waals surface area contributed by atoms with Crippen LogP contribution in [0.25, 0.3) is 0 Å². The summed E-state index contributed by atoms with van der Waals surface area (Å²) in [6.45, 7) is 1.99. The number of thioether (sulfide) groups is 1. The van der Waals surface area contributed by atoms with Gasteiger partial charge in [-0.3, -0.25) is 0 Å². The smallest absolute Gasteiger partial charge is 0.220 e. The molecule has 0 saturated carbocycles. The summed E-state index contributed by atoms with van der Waals surface area (Å²) in [5.41, 5.74) is 2.02. The Morgan fingerprint density at radius 2 is 1.81 bits per heavy atom. The summed E-state index contributed by atoms with van der Waals surface area (Å²) in [4.78, 5) is 19.8. The quantitative estimate of drug-likeness (QED) is 0.464. The average molecular weight is 304 g/mol. The Balaban J connectivity index is 2.28. The number of methoxy groups -OCH3 is 2. The Morgan fingerprint density at radius 3 is 2.33 bits per heavy atom. The minimum atomic E-state index is -0.373. The third kappa shape index (κ3) is 3.95. The summed E-state index contributed by atoms with van der Waals surface area (Å²) in [5, 5.41) is 0.0616. The molecule has 0 N–H and O–H groups in total. The number of rotatable bonds is 6. The summed E-state index contributed by atoms with van der Waals surface area (Å²) in [7, 11) is 3.04. The Hall–Kier alpha value is -2.08. The third-order valence-electron chi connectivity index (χ3n) is 2.80. The number of aryl methyl sites for hydroxylation is 1. The molecular formula is C15H16N2O3S. The molecule has 1 aromatic heterocycles. The van der Waals surface area contributed by atoms with Crippen molar-refractivity contribution in [3.8, 4) is 11.8 Å². The lowest BCUT2D eigenvalue weighted by atomic mass is 10.1. The summed E-state index contributed by atoms with van der Waals surface area (Å²) in [6.07, 6.45) is 0.884. The van der Waals surface area contributed by atoms with Crippen LogP contribution in [0.15, 0.2) is 35.5 Å². The van der Waals surface area contributed by atoms with Gasteiger partial charge in [0.15, 0.2) is 5.16 Å². The van der Waals surface area contributed by atoms with Crippen LogP contribution in [0.1, 0.15) is 16.4 Å². The number of nitrogens with zero attached hydrogens (tertiary/aromatic N) is 2. The fourth-order valence-electron chi connectivity index (χ4n) is 1.78. The number of benzene rings is 1. The number of aldehydes is 1. The molecule has 0 aliphatic heterocycles. The SMILES string of the molecule is COc1cc(OC)nc(SC(C=O)c2cccc(C)c2)n1. The molecule has 5 nitrogen and oxygen atoms in total. The number of carbonyl (C=O) groups excluding carboxylic acids is 1. The monoisotopic (exact) mass is 304 g/mol. The lowest BCUT2D eigenvalue weighted by molar-refractivity contribution is -0.107.